The number of carbonyl (C=O) groups excluding carboxylic acids is 1. The predicted molar refractivity (Wildman–Crippen MR) is 134 cm³/mol. The van der Waals surface area contributed by atoms with Gasteiger partial charge in [0.2, 0.25) is 15.9 Å². The number of fused-ring (bicyclic) bond motifs is 1. The SMILES string of the molecule is Cc1cccc(NC(=O)[C@H]2CCCN(c3ccc4cc(S(=O)(=O)N5CCCC5)ccc4n3)C2)c1. The van der Waals surface area contributed by atoms with Crippen LogP contribution < -0.4 is 10.2 Å². The van der Waals surface area contributed by atoms with Crippen LogP contribution in [0.5, 0.6) is 0 Å². The Hall–Kier alpha value is -2.97. The standard InChI is InChI=1S/C26H30N4O3S/c1-19-6-4-8-22(16-19)27-26(31)21-7-5-13-29(18-21)25-12-9-20-17-23(10-11-24(20)28-25)34(32,33)30-14-2-3-15-30/h4,6,8-12,16-17,21H,2-3,5,7,13-15,18H2,1H3,(H,27,31)/t21-/m0/s1. The van der Waals surface area contributed by atoms with Crippen LogP contribution in [-0.4, -0.2) is 49.8 Å². The molecule has 1 amide bonds. The third kappa shape index (κ3) is 4.65. The first-order chi connectivity index (χ1) is 16.4. The number of rotatable bonds is 5. The van der Waals surface area contributed by atoms with Gasteiger partial charge in [-0.1, -0.05) is 12.1 Å². The van der Waals surface area contributed by atoms with Gasteiger partial charge < -0.3 is 10.2 Å². The molecular weight excluding hydrogens is 448 g/mol. The molecule has 0 radical (unpaired) electrons. The molecule has 2 aliphatic heterocycles. The van der Waals surface area contributed by atoms with E-state index in [4.69, 9.17) is 4.98 Å². The summed E-state index contributed by atoms with van der Waals surface area (Å²) in [5.74, 6) is 0.739. The van der Waals surface area contributed by atoms with Crippen LogP contribution in [0.25, 0.3) is 10.9 Å². The molecule has 1 aromatic heterocycles. The lowest BCUT2D eigenvalue weighted by molar-refractivity contribution is -0.120. The van der Waals surface area contributed by atoms with Gasteiger partial charge in [-0.25, -0.2) is 13.4 Å². The number of sulfonamides is 1. The summed E-state index contributed by atoms with van der Waals surface area (Å²) in [6.07, 6.45) is 3.59. The molecule has 178 valence electrons. The zero-order valence-electron chi connectivity index (χ0n) is 19.4. The summed E-state index contributed by atoms with van der Waals surface area (Å²) in [4.78, 5) is 20.2. The van der Waals surface area contributed by atoms with Gasteiger partial charge in [-0.05, 0) is 80.6 Å². The molecule has 8 heteroatoms. The summed E-state index contributed by atoms with van der Waals surface area (Å²) in [7, 11) is -3.46. The van der Waals surface area contributed by atoms with Crippen LogP contribution in [0.15, 0.2) is 59.5 Å². The van der Waals surface area contributed by atoms with Gasteiger partial charge in [0.05, 0.1) is 16.3 Å². The molecule has 1 atom stereocenters. The van der Waals surface area contributed by atoms with Crippen molar-refractivity contribution in [3.8, 4) is 0 Å². The zero-order chi connectivity index (χ0) is 23.7. The lowest BCUT2D eigenvalue weighted by Gasteiger charge is -2.33. The minimum atomic E-state index is -3.46. The van der Waals surface area contributed by atoms with Crippen LogP contribution in [-0.2, 0) is 14.8 Å². The Labute approximate surface area is 200 Å². The first kappa shape index (κ1) is 22.8. The van der Waals surface area contributed by atoms with Crippen molar-refractivity contribution in [1.29, 1.82) is 0 Å². The Kier molecular flexibility index (Phi) is 6.27. The van der Waals surface area contributed by atoms with Gasteiger partial charge >= 0.3 is 0 Å². The van der Waals surface area contributed by atoms with Crippen LogP contribution in [0.2, 0.25) is 0 Å². The minimum Gasteiger partial charge on any atom is -0.356 e. The van der Waals surface area contributed by atoms with Crippen molar-refractivity contribution in [2.45, 2.75) is 37.5 Å². The second-order valence-corrected chi connectivity index (χ2v) is 11.2. The fourth-order valence-electron chi connectivity index (χ4n) is 4.87. The van der Waals surface area contributed by atoms with Crippen molar-refractivity contribution < 1.29 is 13.2 Å². The molecule has 2 fully saturated rings. The highest BCUT2D eigenvalue weighted by Crippen LogP contribution is 2.28. The summed E-state index contributed by atoms with van der Waals surface area (Å²) in [6, 6.07) is 16.8. The largest absolute Gasteiger partial charge is 0.356 e. The Bertz CT molecular complexity index is 1320. The molecule has 0 aliphatic carbocycles. The van der Waals surface area contributed by atoms with Gasteiger partial charge in [0.25, 0.3) is 0 Å². The first-order valence-corrected chi connectivity index (χ1v) is 13.4. The summed E-state index contributed by atoms with van der Waals surface area (Å²) in [6.45, 7) is 4.64. The van der Waals surface area contributed by atoms with E-state index in [0.29, 0.717) is 24.5 Å². The highest BCUT2D eigenvalue weighted by atomic mass is 32.2. The second kappa shape index (κ2) is 9.35. The van der Waals surface area contributed by atoms with Crippen LogP contribution >= 0.6 is 0 Å². The first-order valence-electron chi connectivity index (χ1n) is 11.9. The van der Waals surface area contributed by atoms with E-state index in [0.717, 1.165) is 60.2 Å². The molecule has 0 spiro atoms. The molecule has 5 rings (SSSR count). The molecule has 3 heterocycles. The molecule has 2 aromatic carbocycles. The smallest absolute Gasteiger partial charge is 0.243 e. The number of anilines is 2. The molecule has 0 unspecified atom stereocenters. The summed E-state index contributed by atoms with van der Waals surface area (Å²) >= 11 is 0. The topological polar surface area (TPSA) is 82.6 Å². The lowest BCUT2D eigenvalue weighted by Crippen LogP contribution is -2.41. The third-order valence-electron chi connectivity index (χ3n) is 6.75. The average Bonchev–Trinajstić information content (AvgIpc) is 3.39. The normalized spacial score (nSPS) is 19.4. The highest BCUT2D eigenvalue weighted by molar-refractivity contribution is 7.89. The number of nitrogens with zero attached hydrogens (tertiary/aromatic N) is 3. The molecule has 3 aromatic rings. The minimum absolute atomic E-state index is 0.0350. The van der Waals surface area contributed by atoms with E-state index in [1.54, 1.807) is 22.5 Å². The quantitative estimate of drug-likeness (QED) is 0.595. The fraction of sp³-hybridized carbons (Fsp3) is 0.385. The maximum absolute atomic E-state index is 12.9. The van der Waals surface area contributed by atoms with Gasteiger partial charge in [0, 0.05) is 37.3 Å². The number of piperidine rings is 1. The van der Waals surface area contributed by atoms with E-state index in [-0.39, 0.29) is 11.8 Å². The third-order valence-corrected chi connectivity index (χ3v) is 8.65. The molecule has 2 aliphatic rings. The number of benzene rings is 2. The van der Waals surface area contributed by atoms with E-state index in [1.807, 2.05) is 43.3 Å². The summed E-state index contributed by atoms with van der Waals surface area (Å²) in [5.41, 5.74) is 2.69. The molecule has 34 heavy (non-hydrogen) atoms. The summed E-state index contributed by atoms with van der Waals surface area (Å²) < 4.78 is 27.4. The van der Waals surface area contributed by atoms with Gasteiger partial charge in [-0.2, -0.15) is 4.31 Å². The number of hydrogen-bond donors (Lipinski definition) is 1. The number of nitrogens with one attached hydrogen (secondary N) is 1. The van der Waals surface area contributed by atoms with Crippen molar-refractivity contribution >= 4 is 38.3 Å². The number of hydrogen-bond acceptors (Lipinski definition) is 5. The number of carbonyl (C=O) groups is 1. The fourth-order valence-corrected chi connectivity index (χ4v) is 6.43. The number of aryl methyl sites for hydroxylation is 1. The maximum Gasteiger partial charge on any atom is 0.243 e. The Morgan fingerprint density at radius 1 is 1.00 bits per heavy atom. The van der Waals surface area contributed by atoms with Crippen molar-refractivity contribution in [3.05, 3.63) is 60.2 Å². The van der Waals surface area contributed by atoms with Gasteiger partial charge in [0.1, 0.15) is 5.82 Å². The van der Waals surface area contributed by atoms with Crippen molar-refractivity contribution in [1.82, 2.24) is 9.29 Å². The molecule has 0 saturated carbocycles. The van der Waals surface area contributed by atoms with E-state index in [2.05, 4.69) is 10.2 Å². The van der Waals surface area contributed by atoms with Crippen LogP contribution in [0, 0.1) is 12.8 Å². The van der Waals surface area contributed by atoms with Crippen LogP contribution in [0.1, 0.15) is 31.2 Å². The monoisotopic (exact) mass is 478 g/mol. The van der Waals surface area contributed by atoms with Gasteiger partial charge in [-0.15, -0.1) is 0 Å². The maximum atomic E-state index is 12.9. The van der Waals surface area contributed by atoms with Gasteiger partial charge in [0.15, 0.2) is 0 Å². The zero-order valence-corrected chi connectivity index (χ0v) is 20.2. The molecule has 1 N–H and O–H groups in total. The van der Waals surface area contributed by atoms with Crippen LogP contribution in [0.4, 0.5) is 11.5 Å². The van der Waals surface area contributed by atoms with Crippen molar-refractivity contribution in [3.63, 3.8) is 0 Å². The Balaban J connectivity index is 1.32. The Morgan fingerprint density at radius 3 is 2.62 bits per heavy atom. The molecular formula is C26H30N4O3S. The number of amides is 1. The van der Waals surface area contributed by atoms with Gasteiger partial charge in [-0.3, -0.25) is 4.79 Å². The Morgan fingerprint density at radius 2 is 1.82 bits per heavy atom. The number of aromatic nitrogens is 1. The predicted octanol–water partition coefficient (Wildman–Crippen LogP) is 4.18. The van der Waals surface area contributed by atoms with Crippen molar-refractivity contribution in [2.75, 3.05) is 36.4 Å². The lowest BCUT2D eigenvalue weighted by atomic mass is 9.97. The molecule has 2 saturated heterocycles. The van der Waals surface area contributed by atoms with E-state index < -0.39 is 10.0 Å². The molecule has 0 bridgehead atoms. The van der Waals surface area contributed by atoms with Crippen molar-refractivity contribution in [2.24, 2.45) is 5.92 Å². The summed E-state index contributed by atoms with van der Waals surface area (Å²) in [5, 5.41) is 3.85. The second-order valence-electron chi connectivity index (χ2n) is 9.28. The van der Waals surface area contributed by atoms with E-state index >= 15 is 0 Å². The number of pyridine rings is 1. The van der Waals surface area contributed by atoms with E-state index in [1.165, 1.54) is 0 Å². The molecule has 7 nitrogen and oxygen atoms in total. The average molecular weight is 479 g/mol. The van der Waals surface area contributed by atoms with E-state index in [9.17, 15) is 13.2 Å². The van der Waals surface area contributed by atoms with Crippen LogP contribution in [0.3, 0.4) is 0 Å². The highest BCUT2D eigenvalue weighted by Gasteiger charge is 2.28.